The lowest BCUT2D eigenvalue weighted by Gasteiger charge is -2.08. The molecule has 0 saturated carbocycles. The fourth-order valence-corrected chi connectivity index (χ4v) is 1.94. The van der Waals surface area contributed by atoms with Gasteiger partial charge in [0.15, 0.2) is 5.78 Å². The normalized spacial score (nSPS) is 10.3. The molecular formula is C16H19N3O3. The van der Waals surface area contributed by atoms with Crippen LogP contribution >= 0.6 is 0 Å². The molecule has 116 valence electrons. The molecule has 6 heteroatoms. The minimum absolute atomic E-state index is 0.00552. The van der Waals surface area contributed by atoms with Crippen molar-refractivity contribution in [1.82, 2.24) is 14.9 Å². The quantitative estimate of drug-likeness (QED) is 0.838. The Kier molecular flexibility index (Phi) is 5.30. The van der Waals surface area contributed by atoms with Gasteiger partial charge in [0.2, 0.25) is 0 Å². The Hall–Kier alpha value is -2.63. The molecule has 0 unspecified atom stereocenters. The van der Waals surface area contributed by atoms with Crippen molar-refractivity contribution in [2.75, 3.05) is 13.2 Å². The molecule has 0 aliphatic rings. The second-order valence-electron chi connectivity index (χ2n) is 5.02. The molecule has 6 nitrogen and oxygen atoms in total. The highest BCUT2D eigenvalue weighted by atomic mass is 16.5. The van der Waals surface area contributed by atoms with Crippen molar-refractivity contribution in [1.29, 1.82) is 0 Å². The molecule has 0 spiro atoms. The van der Waals surface area contributed by atoms with E-state index >= 15 is 0 Å². The third-order valence-corrected chi connectivity index (χ3v) is 3.12. The van der Waals surface area contributed by atoms with Gasteiger partial charge in [0, 0.05) is 37.5 Å². The van der Waals surface area contributed by atoms with Crippen LogP contribution in [0.25, 0.3) is 0 Å². The van der Waals surface area contributed by atoms with Crippen molar-refractivity contribution < 1.29 is 14.3 Å². The van der Waals surface area contributed by atoms with Crippen LogP contribution in [-0.2, 0) is 18.3 Å². The van der Waals surface area contributed by atoms with E-state index in [1.165, 1.54) is 6.92 Å². The van der Waals surface area contributed by atoms with E-state index in [2.05, 4.69) is 10.3 Å². The minimum atomic E-state index is -0.171. The van der Waals surface area contributed by atoms with Gasteiger partial charge in [-0.15, -0.1) is 0 Å². The molecule has 1 amide bonds. The number of Topliss-reactive ketones (excluding diaryl/α,β-unsaturated/α-hetero) is 1. The molecule has 2 rings (SSSR count). The van der Waals surface area contributed by atoms with E-state index in [9.17, 15) is 9.59 Å². The zero-order valence-corrected chi connectivity index (χ0v) is 12.7. The van der Waals surface area contributed by atoms with E-state index in [-0.39, 0.29) is 18.3 Å². The van der Waals surface area contributed by atoms with Crippen molar-refractivity contribution in [3.63, 3.8) is 0 Å². The zero-order chi connectivity index (χ0) is 15.9. The van der Waals surface area contributed by atoms with E-state index in [0.29, 0.717) is 24.3 Å². The number of aryl methyl sites for hydroxylation is 1. The number of hydrogen-bond acceptors (Lipinski definition) is 4. The average Bonchev–Trinajstić information content (AvgIpc) is 2.91. The molecule has 0 radical (unpaired) electrons. The van der Waals surface area contributed by atoms with Crippen LogP contribution in [0.5, 0.6) is 5.75 Å². The van der Waals surface area contributed by atoms with Gasteiger partial charge in [-0.2, -0.15) is 0 Å². The third-order valence-electron chi connectivity index (χ3n) is 3.12. The number of imidazole rings is 1. The van der Waals surface area contributed by atoms with Crippen LogP contribution in [0.2, 0.25) is 0 Å². The van der Waals surface area contributed by atoms with E-state index in [0.717, 1.165) is 5.69 Å². The van der Waals surface area contributed by atoms with Gasteiger partial charge in [-0.05, 0) is 25.1 Å². The third kappa shape index (κ3) is 4.44. The van der Waals surface area contributed by atoms with Gasteiger partial charge in [0.25, 0.3) is 5.91 Å². The summed E-state index contributed by atoms with van der Waals surface area (Å²) in [4.78, 5) is 27.0. The summed E-state index contributed by atoms with van der Waals surface area (Å²) in [5, 5.41) is 2.85. The number of amides is 1. The summed E-state index contributed by atoms with van der Waals surface area (Å²) in [5.41, 5.74) is 1.56. The van der Waals surface area contributed by atoms with Crippen LogP contribution in [0.3, 0.4) is 0 Å². The number of hydrogen-bond donors (Lipinski definition) is 1. The van der Waals surface area contributed by atoms with Crippen molar-refractivity contribution in [3.05, 3.63) is 48.0 Å². The summed E-state index contributed by atoms with van der Waals surface area (Å²) >= 11 is 0. The van der Waals surface area contributed by atoms with Crippen molar-refractivity contribution in [3.8, 4) is 5.75 Å². The number of nitrogens with zero attached hydrogens (tertiary/aromatic N) is 2. The number of ketones is 1. The van der Waals surface area contributed by atoms with Gasteiger partial charge in [-0.1, -0.05) is 6.07 Å². The first-order valence-electron chi connectivity index (χ1n) is 7.02. The Labute approximate surface area is 129 Å². The first kappa shape index (κ1) is 15.8. The molecule has 0 aliphatic carbocycles. The lowest BCUT2D eigenvalue weighted by Crippen LogP contribution is -2.26. The van der Waals surface area contributed by atoms with Crippen LogP contribution in [0.1, 0.15) is 23.0 Å². The molecule has 1 heterocycles. The molecule has 22 heavy (non-hydrogen) atoms. The summed E-state index contributed by atoms with van der Waals surface area (Å²) < 4.78 is 7.22. The maximum Gasteiger partial charge on any atom is 0.251 e. The van der Waals surface area contributed by atoms with Gasteiger partial charge in [0.05, 0.1) is 6.33 Å². The number of nitrogens with one attached hydrogen (secondary N) is 1. The highest BCUT2D eigenvalue weighted by molar-refractivity contribution is 5.94. The smallest absolute Gasteiger partial charge is 0.251 e. The van der Waals surface area contributed by atoms with Crippen molar-refractivity contribution in [2.24, 2.45) is 7.05 Å². The van der Waals surface area contributed by atoms with Crippen molar-refractivity contribution in [2.45, 2.75) is 13.3 Å². The highest BCUT2D eigenvalue weighted by Crippen LogP contribution is 2.13. The molecule has 0 saturated heterocycles. The van der Waals surface area contributed by atoms with Crippen LogP contribution in [0.15, 0.2) is 36.8 Å². The van der Waals surface area contributed by atoms with Gasteiger partial charge < -0.3 is 14.6 Å². The Morgan fingerprint density at radius 2 is 2.18 bits per heavy atom. The first-order valence-corrected chi connectivity index (χ1v) is 7.02. The molecule has 1 aromatic heterocycles. The predicted octanol–water partition coefficient (Wildman–Crippen LogP) is 1.36. The molecule has 0 bridgehead atoms. The fraction of sp³-hybridized carbons (Fsp3) is 0.312. The van der Waals surface area contributed by atoms with Crippen LogP contribution in [0.4, 0.5) is 0 Å². The van der Waals surface area contributed by atoms with Crippen LogP contribution in [-0.4, -0.2) is 34.4 Å². The fourth-order valence-electron chi connectivity index (χ4n) is 1.94. The molecule has 0 aliphatic heterocycles. The SMILES string of the molecule is CC(=O)COc1cccc(C(=O)NCCc2cncn2C)c1. The number of benzene rings is 1. The van der Waals surface area contributed by atoms with Gasteiger partial charge in [-0.25, -0.2) is 4.98 Å². The first-order chi connectivity index (χ1) is 10.6. The Balaban J connectivity index is 1.88. The number of ether oxygens (including phenoxy) is 1. The van der Waals surface area contributed by atoms with E-state index in [1.54, 1.807) is 36.8 Å². The second-order valence-corrected chi connectivity index (χ2v) is 5.02. The number of carbonyl (C=O) groups is 2. The standard InChI is InChI=1S/C16H19N3O3/c1-12(20)10-22-15-5-3-4-13(8-15)16(21)18-7-6-14-9-17-11-19(14)2/h3-5,8-9,11H,6-7,10H2,1-2H3,(H,18,21). The monoisotopic (exact) mass is 301 g/mol. The predicted molar refractivity (Wildman–Crippen MR) is 81.9 cm³/mol. The highest BCUT2D eigenvalue weighted by Gasteiger charge is 2.07. The Morgan fingerprint density at radius 1 is 1.36 bits per heavy atom. The van der Waals surface area contributed by atoms with Crippen LogP contribution in [0, 0.1) is 0 Å². The topological polar surface area (TPSA) is 73.2 Å². The van der Waals surface area contributed by atoms with Crippen LogP contribution < -0.4 is 10.1 Å². The number of carbonyl (C=O) groups excluding carboxylic acids is 2. The van der Waals surface area contributed by atoms with Gasteiger partial charge in [-0.3, -0.25) is 9.59 Å². The Morgan fingerprint density at radius 3 is 2.86 bits per heavy atom. The summed E-state index contributed by atoms with van der Waals surface area (Å²) in [7, 11) is 1.92. The molecule has 2 aromatic rings. The largest absolute Gasteiger partial charge is 0.486 e. The molecule has 1 aromatic carbocycles. The van der Waals surface area contributed by atoms with E-state index < -0.39 is 0 Å². The van der Waals surface area contributed by atoms with E-state index in [4.69, 9.17) is 4.74 Å². The zero-order valence-electron chi connectivity index (χ0n) is 12.7. The van der Waals surface area contributed by atoms with Crippen molar-refractivity contribution >= 4 is 11.7 Å². The number of rotatable bonds is 7. The maximum atomic E-state index is 12.1. The molecule has 1 N–H and O–H groups in total. The molecule has 0 fully saturated rings. The summed E-state index contributed by atoms with van der Waals surface area (Å²) in [6.45, 7) is 1.98. The number of aromatic nitrogens is 2. The minimum Gasteiger partial charge on any atom is -0.486 e. The lowest BCUT2D eigenvalue weighted by molar-refractivity contribution is -0.118. The average molecular weight is 301 g/mol. The van der Waals surface area contributed by atoms with Gasteiger partial charge >= 0.3 is 0 Å². The maximum absolute atomic E-state index is 12.1. The van der Waals surface area contributed by atoms with Gasteiger partial charge in [0.1, 0.15) is 12.4 Å². The Bertz CT molecular complexity index is 664. The second kappa shape index (κ2) is 7.40. The summed E-state index contributed by atoms with van der Waals surface area (Å²) in [5.74, 6) is 0.274. The summed E-state index contributed by atoms with van der Waals surface area (Å²) in [6.07, 6.45) is 4.22. The molecular weight excluding hydrogens is 282 g/mol. The lowest BCUT2D eigenvalue weighted by atomic mass is 10.2. The summed E-state index contributed by atoms with van der Waals surface area (Å²) in [6, 6.07) is 6.78. The van der Waals surface area contributed by atoms with E-state index in [1.807, 2.05) is 11.6 Å². The molecule has 0 atom stereocenters.